The van der Waals surface area contributed by atoms with Crippen molar-refractivity contribution >= 4 is 5.84 Å². The Bertz CT molecular complexity index is 414. The highest BCUT2D eigenvalue weighted by Gasteiger charge is 2.23. The molecule has 0 bridgehead atoms. The molecule has 0 spiro atoms. The molecule has 0 saturated heterocycles. The van der Waals surface area contributed by atoms with Gasteiger partial charge in [0.2, 0.25) is 5.88 Å². The van der Waals surface area contributed by atoms with Crippen LogP contribution in [0, 0.1) is 12.8 Å². The van der Waals surface area contributed by atoms with Crippen molar-refractivity contribution in [2.75, 3.05) is 6.61 Å². The van der Waals surface area contributed by atoms with Crippen LogP contribution in [0.2, 0.25) is 0 Å². The van der Waals surface area contributed by atoms with E-state index in [-0.39, 0.29) is 5.84 Å². The van der Waals surface area contributed by atoms with E-state index < -0.39 is 0 Å². The summed E-state index contributed by atoms with van der Waals surface area (Å²) in [6, 6.07) is 1.80. The number of ether oxygens (including phenoxy) is 1. The summed E-state index contributed by atoms with van der Waals surface area (Å²) in [4.78, 5) is 4.11. The van der Waals surface area contributed by atoms with Gasteiger partial charge in [0.05, 0.1) is 12.2 Å². The van der Waals surface area contributed by atoms with Crippen molar-refractivity contribution in [1.29, 1.82) is 0 Å². The first kappa shape index (κ1) is 10.7. The summed E-state index contributed by atoms with van der Waals surface area (Å²) in [6.45, 7) is 2.53. The predicted octanol–water partition coefficient (Wildman–Crippen LogP) is 1.27. The van der Waals surface area contributed by atoms with Gasteiger partial charge >= 0.3 is 0 Å². The topological polar surface area (TPSA) is 80.7 Å². The SMILES string of the molecule is Cc1ccnc(OCC2CC2)c1/C(N)=N/O. The number of nitrogens with two attached hydrogens (primary N) is 1. The number of oxime groups is 1. The summed E-state index contributed by atoms with van der Waals surface area (Å²) in [6.07, 6.45) is 4.08. The molecule has 1 aromatic rings. The van der Waals surface area contributed by atoms with Crippen LogP contribution in [-0.2, 0) is 0 Å². The summed E-state index contributed by atoms with van der Waals surface area (Å²) in [5.41, 5.74) is 7.06. The first-order valence-electron chi connectivity index (χ1n) is 5.28. The number of nitrogens with zero attached hydrogens (tertiary/aromatic N) is 2. The normalized spacial score (nSPS) is 16.2. The van der Waals surface area contributed by atoms with Gasteiger partial charge < -0.3 is 15.7 Å². The van der Waals surface area contributed by atoms with E-state index in [9.17, 15) is 0 Å². The highest BCUT2D eigenvalue weighted by molar-refractivity contribution is 6.00. The lowest BCUT2D eigenvalue weighted by molar-refractivity contribution is 0.286. The Morgan fingerprint density at radius 2 is 2.44 bits per heavy atom. The summed E-state index contributed by atoms with van der Waals surface area (Å²) >= 11 is 0. The number of hydrogen-bond acceptors (Lipinski definition) is 4. The molecule has 1 heterocycles. The molecule has 1 fully saturated rings. The largest absolute Gasteiger partial charge is 0.477 e. The molecular formula is C11H15N3O2. The molecule has 5 nitrogen and oxygen atoms in total. The average molecular weight is 221 g/mol. The molecule has 1 aliphatic carbocycles. The van der Waals surface area contributed by atoms with Crippen molar-refractivity contribution in [2.45, 2.75) is 19.8 Å². The lowest BCUT2D eigenvalue weighted by Crippen LogP contribution is -2.17. The van der Waals surface area contributed by atoms with Gasteiger partial charge in [-0.3, -0.25) is 0 Å². The quantitative estimate of drug-likeness (QED) is 0.347. The van der Waals surface area contributed by atoms with Gasteiger partial charge in [0.25, 0.3) is 0 Å². The van der Waals surface area contributed by atoms with E-state index in [4.69, 9.17) is 15.7 Å². The third-order valence-electron chi connectivity index (χ3n) is 2.64. The van der Waals surface area contributed by atoms with E-state index in [0.717, 1.165) is 5.56 Å². The van der Waals surface area contributed by atoms with Crippen molar-refractivity contribution in [3.05, 3.63) is 23.4 Å². The number of aromatic nitrogens is 1. The summed E-state index contributed by atoms with van der Waals surface area (Å²) < 4.78 is 5.58. The lowest BCUT2D eigenvalue weighted by atomic mass is 10.1. The Labute approximate surface area is 93.9 Å². The van der Waals surface area contributed by atoms with E-state index >= 15 is 0 Å². The third kappa shape index (κ3) is 2.24. The second kappa shape index (κ2) is 4.38. The molecule has 5 heteroatoms. The van der Waals surface area contributed by atoms with Crippen molar-refractivity contribution in [2.24, 2.45) is 16.8 Å². The van der Waals surface area contributed by atoms with Crippen LogP contribution in [0.4, 0.5) is 0 Å². The number of rotatable bonds is 4. The van der Waals surface area contributed by atoms with Crippen molar-refractivity contribution in [3.8, 4) is 5.88 Å². The first-order chi connectivity index (χ1) is 7.72. The van der Waals surface area contributed by atoms with Gasteiger partial charge in [0, 0.05) is 6.20 Å². The van der Waals surface area contributed by atoms with Gasteiger partial charge in [-0.1, -0.05) is 5.16 Å². The van der Waals surface area contributed by atoms with Crippen LogP contribution < -0.4 is 10.5 Å². The van der Waals surface area contributed by atoms with Gasteiger partial charge in [-0.25, -0.2) is 4.98 Å². The fourth-order valence-corrected chi connectivity index (χ4v) is 1.49. The van der Waals surface area contributed by atoms with Gasteiger partial charge in [0.15, 0.2) is 5.84 Å². The standard InChI is InChI=1S/C11H15N3O2/c1-7-4-5-13-11(9(7)10(12)14-15)16-6-8-2-3-8/h4-5,8,15H,2-3,6H2,1H3,(H2,12,14). The zero-order valence-electron chi connectivity index (χ0n) is 9.18. The van der Waals surface area contributed by atoms with Crippen molar-refractivity contribution in [1.82, 2.24) is 4.98 Å². The maximum atomic E-state index is 8.71. The Kier molecular flexibility index (Phi) is 2.94. The van der Waals surface area contributed by atoms with Crippen LogP contribution in [0.15, 0.2) is 17.4 Å². The van der Waals surface area contributed by atoms with E-state index in [2.05, 4.69) is 10.1 Å². The average Bonchev–Trinajstić information content (AvgIpc) is 3.09. The van der Waals surface area contributed by atoms with Crippen molar-refractivity contribution in [3.63, 3.8) is 0 Å². The van der Waals surface area contributed by atoms with E-state index in [1.807, 2.05) is 6.92 Å². The van der Waals surface area contributed by atoms with Gasteiger partial charge in [-0.2, -0.15) is 0 Å². The second-order valence-corrected chi connectivity index (χ2v) is 4.05. The molecule has 0 atom stereocenters. The number of amidine groups is 1. The maximum absolute atomic E-state index is 8.71. The summed E-state index contributed by atoms with van der Waals surface area (Å²) in [5, 5.41) is 11.7. The Morgan fingerprint density at radius 3 is 3.06 bits per heavy atom. The molecule has 0 amide bonds. The third-order valence-corrected chi connectivity index (χ3v) is 2.64. The molecule has 1 aliphatic rings. The number of aryl methyl sites for hydroxylation is 1. The highest BCUT2D eigenvalue weighted by Crippen LogP contribution is 2.30. The zero-order valence-corrected chi connectivity index (χ0v) is 9.18. The molecule has 16 heavy (non-hydrogen) atoms. The summed E-state index contributed by atoms with van der Waals surface area (Å²) in [5.74, 6) is 1.13. The maximum Gasteiger partial charge on any atom is 0.224 e. The smallest absolute Gasteiger partial charge is 0.224 e. The molecule has 3 N–H and O–H groups in total. The van der Waals surface area contributed by atoms with E-state index in [0.29, 0.717) is 24.0 Å². The monoisotopic (exact) mass is 221 g/mol. The van der Waals surface area contributed by atoms with Crippen LogP contribution in [0.5, 0.6) is 5.88 Å². The van der Waals surface area contributed by atoms with Crippen molar-refractivity contribution < 1.29 is 9.94 Å². The molecule has 86 valence electrons. The van der Waals surface area contributed by atoms with Gasteiger partial charge in [0.1, 0.15) is 0 Å². The molecule has 0 aliphatic heterocycles. The molecule has 1 aromatic heterocycles. The number of hydrogen-bond donors (Lipinski definition) is 2. The molecular weight excluding hydrogens is 206 g/mol. The lowest BCUT2D eigenvalue weighted by Gasteiger charge is -2.10. The summed E-state index contributed by atoms with van der Waals surface area (Å²) in [7, 11) is 0. The van der Waals surface area contributed by atoms with Crippen LogP contribution >= 0.6 is 0 Å². The molecule has 1 saturated carbocycles. The second-order valence-electron chi connectivity index (χ2n) is 4.05. The molecule has 0 aromatic carbocycles. The fourth-order valence-electron chi connectivity index (χ4n) is 1.49. The van der Waals surface area contributed by atoms with Crippen LogP contribution in [-0.4, -0.2) is 22.6 Å². The molecule has 0 unspecified atom stereocenters. The molecule has 0 radical (unpaired) electrons. The Balaban J connectivity index is 2.23. The van der Waals surface area contributed by atoms with Gasteiger partial charge in [-0.15, -0.1) is 0 Å². The van der Waals surface area contributed by atoms with E-state index in [1.165, 1.54) is 12.8 Å². The fraction of sp³-hybridized carbons (Fsp3) is 0.455. The van der Waals surface area contributed by atoms with Crippen LogP contribution in [0.1, 0.15) is 24.0 Å². The molecule has 2 rings (SSSR count). The van der Waals surface area contributed by atoms with Gasteiger partial charge in [-0.05, 0) is 37.3 Å². The minimum absolute atomic E-state index is 0.0383. The van der Waals surface area contributed by atoms with Crippen LogP contribution in [0.25, 0.3) is 0 Å². The van der Waals surface area contributed by atoms with Crippen LogP contribution in [0.3, 0.4) is 0 Å². The van der Waals surface area contributed by atoms with E-state index in [1.54, 1.807) is 12.3 Å². The highest BCUT2D eigenvalue weighted by atomic mass is 16.5. The zero-order chi connectivity index (χ0) is 11.5. The minimum Gasteiger partial charge on any atom is -0.477 e. The Hall–Kier alpha value is -1.78. The predicted molar refractivity (Wildman–Crippen MR) is 59.7 cm³/mol. The minimum atomic E-state index is 0.0383. The Morgan fingerprint density at radius 1 is 1.69 bits per heavy atom. The first-order valence-corrected chi connectivity index (χ1v) is 5.28. The number of pyridine rings is 1.